The van der Waals surface area contributed by atoms with E-state index in [4.69, 9.17) is 0 Å². The van der Waals surface area contributed by atoms with Crippen molar-refractivity contribution in [3.63, 3.8) is 0 Å². The molecule has 3 rings (SSSR count). The fourth-order valence-electron chi connectivity index (χ4n) is 4.11. The molecule has 150 valence electrons. The highest BCUT2D eigenvalue weighted by molar-refractivity contribution is 5.83. The topological polar surface area (TPSA) is 70.5 Å². The first-order valence-electron chi connectivity index (χ1n) is 10.3. The van der Waals surface area contributed by atoms with Crippen molar-refractivity contribution in [1.82, 2.24) is 24.9 Å². The van der Waals surface area contributed by atoms with Gasteiger partial charge in [-0.05, 0) is 25.3 Å². The second-order valence-electron chi connectivity index (χ2n) is 8.03. The van der Waals surface area contributed by atoms with Crippen molar-refractivity contribution in [2.24, 2.45) is 0 Å². The van der Waals surface area contributed by atoms with Crippen LogP contribution in [0.4, 0.5) is 0 Å². The average molecular weight is 376 g/mol. The van der Waals surface area contributed by atoms with Gasteiger partial charge in [0.1, 0.15) is 0 Å². The summed E-state index contributed by atoms with van der Waals surface area (Å²) >= 11 is 0. The van der Waals surface area contributed by atoms with Crippen LogP contribution in [0.2, 0.25) is 0 Å². The summed E-state index contributed by atoms with van der Waals surface area (Å²) in [5, 5.41) is 7.58. The fourth-order valence-corrected chi connectivity index (χ4v) is 4.11. The molecule has 0 bridgehead atoms. The number of rotatable bonds is 6. The van der Waals surface area contributed by atoms with Gasteiger partial charge in [-0.25, -0.2) is 0 Å². The highest BCUT2D eigenvalue weighted by Crippen LogP contribution is 2.25. The van der Waals surface area contributed by atoms with Crippen molar-refractivity contribution >= 4 is 11.8 Å². The van der Waals surface area contributed by atoms with Crippen LogP contribution in [0.3, 0.4) is 0 Å². The van der Waals surface area contributed by atoms with Gasteiger partial charge in [-0.2, -0.15) is 5.10 Å². The van der Waals surface area contributed by atoms with Crippen LogP contribution in [-0.4, -0.2) is 58.1 Å². The van der Waals surface area contributed by atoms with E-state index in [9.17, 15) is 9.59 Å². The molecule has 1 aromatic heterocycles. The van der Waals surface area contributed by atoms with Crippen LogP contribution in [0, 0.1) is 0 Å². The van der Waals surface area contributed by atoms with Crippen molar-refractivity contribution in [3.05, 3.63) is 17.5 Å². The third-order valence-electron chi connectivity index (χ3n) is 5.72. The molecule has 1 aliphatic carbocycles. The summed E-state index contributed by atoms with van der Waals surface area (Å²) in [4.78, 5) is 27.7. The summed E-state index contributed by atoms with van der Waals surface area (Å²) in [6.07, 6.45) is 8.33. The number of aromatic nitrogens is 2. The molecule has 2 aliphatic rings. The molecule has 2 amide bonds. The number of carbonyl (C=O) groups excluding carboxylic acids is 2. The molecule has 1 aromatic rings. The van der Waals surface area contributed by atoms with Crippen molar-refractivity contribution < 1.29 is 9.59 Å². The Morgan fingerprint density at radius 2 is 1.93 bits per heavy atom. The van der Waals surface area contributed by atoms with Crippen LogP contribution < -0.4 is 5.32 Å². The molecule has 0 aromatic carbocycles. The zero-order chi connectivity index (χ0) is 19.2. The lowest BCUT2D eigenvalue weighted by Gasteiger charge is -2.33. The molecule has 2 heterocycles. The minimum atomic E-state index is -0.0998. The van der Waals surface area contributed by atoms with Crippen molar-refractivity contribution in [2.45, 2.75) is 77.0 Å². The van der Waals surface area contributed by atoms with E-state index >= 15 is 0 Å². The van der Waals surface area contributed by atoms with Gasteiger partial charge in [-0.3, -0.25) is 19.2 Å². The Kier molecular flexibility index (Phi) is 6.88. The average Bonchev–Trinajstić information content (AvgIpc) is 2.95. The first-order valence-corrected chi connectivity index (χ1v) is 10.3. The number of nitrogens with one attached hydrogen (secondary N) is 1. The van der Waals surface area contributed by atoms with Gasteiger partial charge < -0.3 is 10.2 Å². The molecule has 27 heavy (non-hydrogen) atoms. The van der Waals surface area contributed by atoms with Gasteiger partial charge in [0, 0.05) is 52.6 Å². The van der Waals surface area contributed by atoms with Crippen LogP contribution in [0.25, 0.3) is 0 Å². The summed E-state index contributed by atoms with van der Waals surface area (Å²) in [7, 11) is 3.41. The molecule has 0 unspecified atom stereocenters. The highest BCUT2D eigenvalue weighted by Gasteiger charge is 2.24. The molecular weight excluding hydrogens is 342 g/mol. The largest absolute Gasteiger partial charge is 0.350 e. The Balaban J connectivity index is 1.51. The summed E-state index contributed by atoms with van der Waals surface area (Å²) in [5.74, 6) is -0.126. The lowest BCUT2D eigenvalue weighted by atomic mass is 9.94. The number of hydrogen-bond acceptors (Lipinski definition) is 4. The zero-order valence-corrected chi connectivity index (χ0v) is 16.7. The lowest BCUT2D eigenvalue weighted by molar-refractivity contribution is -0.131. The van der Waals surface area contributed by atoms with E-state index in [1.165, 1.54) is 42.7 Å². The molecule has 1 aliphatic heterocycles. The molecule has 0 spiro atoms. The molecule has 1 N–H and O–H groups in total. The Hall–Kier alpha value is -1.89. The van der Waals surface area contributed by atoms with Gasteiger partial charge in [-0.15, -0.1) is 0 Å². The van der Waals surface area contributed by atoms with Gasteiger partial charge in [0.25, 0.3) is 0 Å². The standard InChI is InChI=1S/C20H33N5O2/c1-23(2)20(27)10-9-19(26)21-14-16-13-18-15-24(11-6-12-25(18)22-16)17-7-4-3-5-8-17/h13,17H,3-12,14-15H2,1-2H3,(H,21,26). The maximum Gasteiger partial charge on any atom is 0.222 e. The van der Waals surface area contributed by atoms with Gasteiger partial charge in [0.05, 0.1) is 17.9 Å². The van der Waals surface area contributed by atoms with Crippen LogP contribution >= 0.6 is 0 Å². The smallest absolute Gasteiger partial charge is 0.222 e. The third kappa shape index (κ3) is 5.54. The Bertz CT molecular complexity index is 649. The molecule has 1 saturated carbocycles. The number of nitrogens with zero attached hydrogens (tertiary/aromatic N) is 4. The normalized spacial score (nSPS) is 18.6. The first kappa shape index (κ1) is 19.9. The number of fused-ring (bicyclic) bond motifs is 1. The minimum absolute atomic E-state index is 0.0262. The fraction of sp³-hybridized carbons (Fsp3) is 0.750. The number of hydrogen-bond donors (Lipinski definition) is 1. The maximum absolute atomic E-state index is 12.0. The van der Waals surface area contributed by atoms with Crippen LogP contribution in [0.1, 0.15) is 62.8 Å². The molecular formula is C20H33N5O2. The van der Waals surface area contributed by atoms with Crippen LogP contribution in [0.15, 0.2) is 6.07 Å². The predicted octanol–water partition coefficient (Wildman–Crippen LogP) is 1.91. The molecule has 0 atom stereocenters. The van der Waals surface area contributed by atoms with E-state index in [0.29, 0.717) is 6.54 Å². The van der Waals surface area contributed by atoms with Gasteiger partial charge in [0.15, 0.2) is 0 Å². The van der Waals surface area contributed by atoms with Crippen molar-refractivity contribution in [1.29, 1.82) is 0 Å². The number of aryl methyl sites for hydroxylation is 1. The lowest BCUT2D eigenvalue weighted by Crippen LogP contribution is -2.36. The van der Waals surface area contributed by atoms with E-state index in [1.807, 2.05) is 0 Å². The summed E-state index contributed by atoms with van der Waals surface area (Å²) < 4.78 is 2.11. The third-order valence-corrected chi connectivity index (χ3v) is 5.72. The zero-order valence-electron chi connectivity index (χ0n) is 16.7. The first-order chi connectivity index (χ1) is 13.0. The number of carbonyl (C=O) groups is 2. The molecule has 7 heteroatoms. The molecule has 0 saturated heterocycles. The van der Waals surface area contributed by atoms with E-state index in [2.05, 4.69) is 26.1 Å². The molecule has 1 fully saturated rings. The Morgan fingerprint density at radius 1 is 1.15 bits per heavy atom. The number of amides is 2. The molecule has 0 radical (unpaired) electrons. The maximum atomic E-state index is 12.0. The van der Waals surface area contributed by atoms with Crippen molar-refractivity contribution in [3.8, 4) is 0 Å². The highest BCUT2D eigenvalue weighted by atomic mass is 16.2. The predicted molar refractivity (Wildman–Crippen MR) is 104 cm³/mol. The quantitative estimate of drug-likeness (QED) is 0.824. The Morgan fingerprint density at radius 3 is 2.67 bits per heavy atom. The van der Waals surface area contributed by atoms with Crippen LogP contribution in [0.5, 0.6) is 0 Å². The van der Waals surface area contributed by atoms with Crippen molar-refractivity contribution in [2.75, 3.05) is 20.6 Å². The Labute approximate surface area is 162 Å². The van der Waals surface area contributed by atoms with E-state index in [-0.39, 0.29) is 24.7 Å². The van der Waals surface area contributed by atoms with Gasteiger partial charge in [-0.1, -0.05) is 19.3 Å². The summed E-state index contributed by atoms with van der Waals surface area (Å²) in [5.41, 5.74) is 2.16. The van der Waals surface area contributed by atoms with E-state index in [0.717, 1.165) is 37.8 Å². The van der Waals surface area contributed by atoms with E-state index < -0.39 is 0 Å². The molecule has 7 nitrogen and oxygen atoms in total. The van der Waals surface area contributed by atoms with E-state index in [1.54, 1.807) is 14.1 Å². The van der Waals surface area contributed by atoms with Gasteiger partial charge >= 0.3 is 0 Å². The minimum Gasteiger partial charge on any atom is -0.350 e. The second-order valence-corrected chi connectivity index (χ2v) is 8.03. The second kappa shape index (κ2) is 9.35. The monoisotopic (exact) mass is 375 g/mol. The van der Waals surface area contributed by atoms with Gasteiger partial charge in [0.2, 0.25) is 11.8 Å². The summed E-state index contributed by atoms with van der Waals surface area (Å²) in [6, 6.07) is 2.85. The summed E-state index contributed by atoms with van der Waals surface area (Å²) in [6.45, 7) is 3.49. The SMILES string of the molecule is CN(C)C(=O)CCC(=O)NCc1cc2n(n1)CCCN(C1CCCCC1)C2. The van der Waals surface area contributed by atoms with Crippen LogP contribution in [-0.2, 0) is 29.2 Å².